The van der Waals surface area contributed by atoms with Crippen molar-refractivity contribution >= 4 is 21.8 Å². The number of carbonyl (C=O) groups is 1. The summed E-state index contributed by atoms with van der Waals surface area (Å²) < 4.78 is 0. The van der Waals surface area contributed by atoms with Gasteiger partial charge in [-0.3, -0.25) is 4.79 Å². The van der Waals surface area contributed by atoms with Gasteiger partial charge in [0, 0.05) is 12.6 Å². The summed E-state index contributed by atoms with van der Waals surface area (Å²) in [5.41, 5.74) is 1.21. The number of alkyl halides is 1. The summed E-state index contributed by atoms with van der Waals surface area (Å²) in [7, 11) is 0. The van der Waals surface area contributed by atoms with E-state index in [0.717, 1.165) is 25.8 Å². The van der Waals surface area contributed by atoms with Gasteiger partial charge in [0.1, 0.15) is 0 Å². The monoisotopic (exact) mass is 295 g/mol. The molecule has 0 heterocycles. The highest BCUT2D eigenvalue weighted by atomic mass is 79.9. The number of hydrogen-bond acceptors (Lipinski definition) is 1. The first-order chi connectivity index (χ1) is 8.22. The summed E-state index contributed by atoms with van der Waals surface area (Å²) in [4.78, 5) is 14.2. The van der Waals surface area contributed by atoms with Crippen LogP contribution in [0.3, 0.4) is 0 Å². The highest BCUT2D eigenvalue weighted by Gasteiger charge is 2.34. The zero-order chi connectivity index (χ0) is 12.3. The lowest BCUT2D eigenvalue weighted by Crippen LogP contribution is -2.37. The molecule has 1 aliphatic carbocycles. The SMILES string of the molecule is CCC(Br)C(=O)N(Cc1ccccc1)C1CC1. The van der Waals surface area contributed by atoms with Crippen LogP contribution in [-0.4, -0.2) is 21.7 Å². The Bertz CT molecular complexity index is 375. The van der Waals surface area contributed by atoms with Crippen LogP contribution in [0.15, 0.2) is 30.3 Å². The van der Waals surface area contributed by atoms with E-state index in [-0.39, 0.29) is 10.7 Å². The predicted octanol–water partition coefficient (Wildman–Crippen LogP) is 3.35. The van der Waals surface area contributed by atoms with Crippen LogP contribution in [0.2, 0.25) is 0 Å². The minimum absolute atomic E-state index is 0.0354. The Kier molecular flexibility index (Phi) is 4.21. The molecule has 0 aromatic heterocycles. The quantitative estimate of drug-likeness (QED) is 0.763. The van der Waals surface area contributed by atoms with E-state index in [1.165, 1.54) is 5.56 Å². The van der Waals surface area contributed by atoms with Gasteiger partial charge in [0.05, 0.1) is 4.83 Å². The molecule has 1 aromatic rings. The lowest BCUT2D eigenvalue weighted by atomic mass is 10.2. The van der Waals surface area contributed by atoms with Gasteiger partial charge < -0.3 is 4.90 Å². The maximum atomic E-state index is 12.2. The Morgan fingerprint density at radius 1 is 1.41 bits per heavy atom. The molecule has 0 saturated heterocycles. The maximum Gasteiger partial charge on any atom is 0.236 e. The number of hydrogen-bond donors (Lipinski definition) is 0. The van der Waals surface area contributed by atoms with E-state index >= 15 is 0 Å². The third kappa shape index (κ3) is 3.32. The third-order valence-corrected chi connectivity index (χ3v) is 4.13. The molecule has 1 aromatic carbocycles. The van der Waals surface area contributed by atoms with Gasteiger partial charge in [-0.1, -0.05) is 53.2 Å². The minimum Gasteiger partial charge on any atom is -0.334 e. The van der Waals surface area contributed by atoms with E-state index in [1.807, 2.05) is 30.0 Å². The fraction of sp³-hybridized carbons (Fsp3) is 0.500. The molecule has 92 valence electrons. The van der Waals surface area contributed by atoms with E-state index in [0.29, 0.717) is 6.04 Å². The molecule has 1 amide bonds. The first-order valence-electron chi connectivity index (χ1n) is 6.21. The summed E-state index contributed by atoms with van der Waals surface area (Å²) in [5.74, 6) is 0.235. The Morgan fingerprint density at radius 2 is 2.06 bits per heavy atom. The molecule has 0 N–H and O–H groups in total. The second kappa shape index (κ2) is 5.67. The molecule has 1 aliphatic rings. The van der Waals surface area contributed by atoms with Crippen molar-refractivity contribution in [1.82, 2.24) is 4.90 Å². The molecule has 0 spiro atoms. The molecule has 17 heavy (non-hydrogen) atoms. The topological polar surface area (TPSA) is 20.3 Å². The molecular weight excluding hydrogens is 278 g/mol. The molecule has 1 saturated carbocycles. The number of halogens is 1. The molecule has 2 nitrogen and oxygen atoms in total. The molecule has 1 atom stereocenters. The summed E-state index contributed by atoms with van der Waals surface area (Å²) >= 11 is 3.46. The van der Waals surface area contributed by atoms with Gasteiger partial charge in [-0.25, -0.2) is 0 Å². The maximum absolute atomic E-state index is 12.2. The van der Waals surface area contributed by atoms with E-state index in [1.54, 1.807) is 0 Å². The highest BCUT2D eigenvalue weighted by molar-refractivity contribution is 9.10. The van der Waals surface area contributed by atoms with Gasteiger partial charge in [0.25, 0.3) is 0 Å². The van der Waals surface area contributed by atoms with Crippen LogP contribution >= 0.6 is 15.9 Å². The standard InChI is InChI=1S/C14H18BrNO/c1-2-13(15)14(17)16(12-8-9-12)10-11-6-4-3-5-7-11/h3-7,12-13H,2,8-10H2,1H3. The number of benzene rings is 1. The lowest BCUT2D eigenvalue weighted by Gasteiger charge is -2.24. The zero-order valence-electron chi connectivity index (χ0n) is 10.1. The smallest absolute Gasteiger partial charge is 0.236 e. The Balaban J connectivity index is 2.05. The molecule has 1 unspecified atom stereocenters. The van der Waals surface area contributed by atoms with Gasteiger partial charge in [-0.05, 0) is 24.8 Å². The van der Waals surface area contributed by atoms with Crippen molar-refractivity contribution in [2.24, 2.45) is 0 Å². The average Bonchev–Trinajstić information content (AvgIpc) is 3.19. The molecule has 0 radical (unpaired) electrons. The van der Waals surface area contributed by atoms with Gasteiger partial charge >= 0.3 is 0 Å². The highest BCUT2D eigenvalue weighted by Crippen LogP contribution is 2.30. The first kappa shape index (κ1) is 12.6. The molecular formula is C14H18BrNO. The largest absolute Gasteiger partial charge is 0.334 e. The van der Waals surface area contributed by atoms with Crippen LogP contribution in [0.1, 0.15) is 31.7 Å². The number of rotatable bonds is 5. The van der Waals surface area contributed by atoms with E-state index in [2.05, 4.69) is 28.1 Å². The van der Waals surface area contributed by atoms with Crippen molar-refractivity contribution in [2.45, 2.75) is 43.6 Å². The fourth-order valence-corrected chi connectivity index (χ4v) is 2.17. The normalized spacial score (nSPS) is 16.6. The van der Waals surface area contributed by atoms with Crippen molar-refractivity contribution in [2.75, 3.05) is 0 Å². The minimum atomic E-state index is -0.0354. The first-order valence-corrected chi connectivity index (χ1v) is 7.12. The van der Waals surface area contributed by atoms with Crippen molar-refractivity contribution in [1.29, 1.82) is 0 Å². The van der Waals surface area contributed by atoms with Crippen molar-refractivity contribution in [3.63, 3.8) is 0 Å². The Labute approximate surface area is 111 Å². The molecule has 0 bridgehead atoms. The van der Waals surface area contributed by atoms with Crippen LogP contribution in [-0.2, 0) is 11.3 Å². The third-order valence-electron chi connectivity index (χ3n) is 3.09. The van der Waals surface area contributed by atoms with Crippen LogP contribution in [0.5, 0.6) is 0 Å². The van der Waals surface area contributed by atoms with Crippen LogP contribution < -0.4 is 0 Å². The zero-order valence-corrected chi connectivity index (χ0v) is 11.7. The van der Waals surface area contributed by atoms with E-state index < -0.39 is 0 Å². The van der Waals surface area contributed by atoms with Gasteiger partial charge in [-0.15, -0.1) is 0 Å². The molecule has 0 aliphatic heterocycles. The average molecular weight is 296 g/mol. The van der Waals surface area contributed by atoms with Gasteiger partial charge in [0.15, 0.2) is 0 Å². The van der Waals surface area contributed by atoms with Crippen molar-refractivity contribution in [3.8, 4) is 0 Å². The summed E-state index contributed by atoms with van der Waals surface area (Å²) in [6.45, 7) is 2.78. The van der Waals surface area contributed by atoms with E-state index in [4.69, 9.17) is 0 Å². The second-order valence-corrected chi connectivity index (χ2v) is 5.66. The van der Waals surface area contributed by atoms with E-state index in [9.17, 15) is 4.79 Å². The molecule has 3 heteroatoms. The van der Waals surface area contributed by atoms with Crippen molar-refractivity contribution in [3.05, 3.63) is 35.9 Å². The van der Waals surface area contributed by atoms with Crippen molar-refractivity contribution < 1.29 is 4.79 Å². The van der Waals surface area contributed by atoms with Crippen LogP contribution in [0.4, 0.5) is 0 Å². The molecule has 2 rings (SSSR count). The number of carbonyl (C=O) groups excluding carboxylic acids is 1. The Morgan fingerprint density at radius 3 is 2.59 bits per heavy atom. The second-order valence-electron chi connectivity index (χ2n) is 4.56. The van der Waals surface area contributed by atoms with Gasteiger partial charge in [-0.2, -0.15) is 0 Å². The molecule has 1 fully saturated rings. The summed E-state index contributed by atoms with van der Waals surface area (Å²) in [6, 6.07) is 10.7. The Hall–Kier alpha value is -0.830. The van der Waals surface area contributed by atoms with Crippen LogP contribution in [0, 0.1) is 0 Å². The fourth-order valence-electron chi connectivity index (χ4n) is 1.91. The van der Waals surface area contributed by atoms with Gasteiger partial charge in [0.2, 0.25) is 5.91 Å². The number of amides is 1. The number of nitrogens with zero attached hydrogens (tertiary/aromatic N) is 1. The lowest BCUT2D eigenvalue weighted by molar-refractivity contribution is -0.131. The summed E-state index contributed by atoms with van der Waals surface area (Å²) in [6.07, 6.45) is 3.15. The van der Waals surface area contributed by atoms with Crippen LogP contribution in [0.25, 0.3) is 0 Å². The summed E-state index contributed by atoms with van der Waals surface area (Å²) in [5, 5.41) is 0. The predicted molar refractivity (Wildman–Crippen MR) is 73.0 cm³/mol.